The lowest BCUT2D eigenvalue weighted by Crippen LogP contribution is -2.14. The Balaban J connectivity index is 1.76. The number of rotatable bonds is 4. The molecule has 0 atom stereocenters. The molecule has 1 amide bonds. The number of carbonyl (C=O) groups is 1. The standard InChI is InChI=1S/C20H17IN2O2/c1-13-9-10-19(14(2)22-13)20(24)23-16-6-4-8-18(12-16)25-17-7-3-5-15(21)11-17/h3-12H,1-2H3,(H,23,24). The van der Waals surface area contributed by atoms with Gasteiger partial charge in [0.1, 0.15) is 11.5 Å². The van der Waals surface area contributed by atoms with Crippen LogP contribution in [0.1, 0.15) is 21.7 Å². The van der Waals surface area contributed by atoms with Gasteiger partial charge >= 0.3 is 0 Å². The van der Waals surface area contributed by atoms with E-state index in [2.05, 4.69) is 32.9 Å². The SMILES string of the molecule is Cc1ccc(C(=O)Nc2cccc(Oc3cccc(I)c3)c2)c(C)n1. The normalized spacial score (nSPS) is 10.4. The Labute approximate surface area is 160 Å². The van der Waals surface area contributed by atoms with Crippen LogP contribution in [0.4, 0.5) is 5.69 Å². The topological polar surface area (TPSA) is 51.2 Å². The van der Waals surface area contributed by atoms with E-state index in [-0.39, 0.29) is 5.91 Å². The fraction of sp³-hybridized carbons (Fsp3) is 0.100. The molecule has 4 nitrogen and oxygen atoms in total. The summed E-state index contributed by atoms with van der Waals surface area (Å²) < 4.78 is 6.96. The van der Waals surface area contributed by atoms with E-state index in [1.165, 1.54) is 0 Å². The molecule has 5 heteroatoms. The first kappa shape index (κ1) is 17.4. The van der Waals surface area contributed by atoms with Gasteiger partial charge in [0.15, 0.2) is 0 Å². The maximum absolute atomic E-state index is 12.5. The van der Waals surface area contributed by atoms with E-state index >= 15 is 0 Å². The van der Waals surface area contributed by atoms with Crippen molar-refractivity contribution in [2.75, 3.05) is 5.32 Å². The number of carbonyl (C=O) groups excluding carboxylic acids is 1. The van der Waals surface area contributed by atoms with Gasteiger partial charge < -0.3 is 10.1 Å². The third-order valence-corrected chi connectivity index (χ3v) is 4.26. The summed E-state index contributed by atoms with van der Waals surface area (Å²) in [6.07, 6.45) is 0. The number of anilines is 1. The molecule has 2 aromatic carbocycles. The first-order valence-corrected chi connectivity index (χ1v) is 8.88. The fourth-order valence-corrected chi connectivity index (χ4v) is 2.94. The Kier molecular flexibility index (Phi) is 5.33. The lowest BCUT2D eigenvalue weighted by molar-refractivity contribution is 0.102. The van der Waals surface area contributed by atoms with E-state index in [1.807, 2.05) is 62.4 Å². The first-order valence-electron chi connectivity index (χ1n) is 7.80. The number of hydrogen-bond donors (Lipinski definition) is 1. The zero-order valence-electron chi connectivity index (χ0n) is 13.9. The highest BCUT2D eigenvalue weighted by molar-refractivity contribution is 14.1. The first-order chi connectivity index (χ1) is 12.0. The number of hydrogen-bond acceptors (Lipinski definition) is 3. The Morgan fingerprint density at radius 1 is 1.00 bits per heavy atom. The van der Waals surface area contributed by atoms with Gasteiger partial charge in [-0.1, -0.05) is 12.1 Å². The molecule has 0 radical (unpaired) electrons. The molecule has 25 heavy (non-hydrogen) atoms. The van der Waals surface area contributed by atoms with Crippen molar-refractivity contribution < 1.29 is 9.53 Å². The molecule has 0 saturated carbocycles. The molecular weight excluding hydrogens is 427 g/mol. The van der Waals surface area contributed by atoms with Gasteiger partial charge in [-0.2, -0.15) is 0 Å². The van der Waals surface area contributed by atoms with Crippen molar-refractivity contribution in [3.8, 4) is 11.5 Å². The highest BCUT2D eigenvalue weighted by Crippen LogP contribution is 2.25. The summed E-state index contributed by atoms with van der Waals surface area (Å²) in [4.78, 5) is 16.8. The lowest BCUT2D eigenvalue weighted by atomic mass is 10.1. The summed E-state index contributed by atoms with van der Waals surface area (Å²) in [5.41, 5.74) is 2.84. The van der Waals surface area contributed by atoms with Crippen molar-refractivity contribution in [1.82, 2.24) is 4.98 Å². The largest absolute Gasteiger partial charge is 0.457 e. The minimum absolute atomic E-state index is 0.184. The second-order valence-corrected chi connectivity index (χ2v) is 6.87. The molecule has 0 unspecified atom stereocenters. The van der Waals surface area contributed by atoms with Gasteiger partial charge in [0, 0.05) is 21.0 Å². The second kappa shape index (κ2) is 7.65. The number of benzene rings is 2. The third kappa shape index (κ3) is 4.57. The average Bonchev–Trinajstić information content (AvgIpc) is 2.55. The van der Waals surface area contributed by atoms with Crippen LogP contribution in [0.5, 0.6) is 11.5 Å². The predicted molar refractivity (Wildman–Crippen MR) is 107 cm³/mol. The van der Waals surface area contributed by atoms with Crippen molar-refractivity contribution >= 4 is 34.2 Å². The smallest absolute Gasteiger partial charge is 0.257 e. The second-order valence-electron chi connectivity index (χ2n) is 5.63. The molecule has 0 spiro atoms. The van der Waals surface area contributed by atoms with Gasteiger partial charge in [-0.25, -0.2) is 0 Å². The number of nitrogens with one attached hydrogen (secondary N) is 1. The lowest BCUT2D eigenvalue weighted by Gasteiger charge is -2.10. The average molecular weight is 444 g/mol. The molecule has 0 aliphatic carbocycles. The minimum Gasteiger partial charge on any atom is -0.457 e. The van der Waals surface area contributed by atoms with Crippen LogP contribution in [0, 0.1) is 17.4 Å². The molecule has 0 fully saturated rings. The quantitative estimate of drug-likeness (QED) is 0.553. The van der Waals surface area contributed by atoms with Crippen LogP contribution in [-0.2, 0) is 0 Å². The molecular formula is C20H17IN2O2. The zero-order valence-corrected chi connectivity index (χ0v) is 16.1. The number of ether oxygens (including phenoxy) is 1. The van der Waals surface area contributed by atoms with Gasteiger partial charge in [0.2, 0.25) is 0 Å². The van der Waals surface area contributed by atoms with Crippen LogP contribution in [-0.4, -0.2) is 10.9 Å². The van der Waals surface area contributed by atoms with Gasteiger partial charge in [0.25, 0.3) is 5.91 Å². The summed E-state index contributed by atoms with van der Waals surface area (Å²) >= 11 is 2.24. The van der Waals surface area contributed by atoms with E-state index in [0.29, 0.717) is 22.7 Å². The molecule has 0 aliphatic heterocycles. The Hall–Kier alpha value is -2.41. The third-order valence-electron chi connectivity index (χ3n) is 3.59. The maximum atomic E-state index is 12.5. The number of nitrogens with zero attached hydrogens (tertiary/aromatic N) is 1. The molecule has 0 saturated heterocycles. The number of halogens is 1. The monoisotopic (exact) mass is 444 g/mol. The van der Waals surface area contributed by atoms with Crippen molar-refractivity contribution in [3.05, 3.63) is 81.2 Å². The fourth-order valence-electron chi connectivity index (χ4n) is 2.43. The van der Waals surface area contributed by atoms with E-state index in [9.17, 15) is 4.79 Å². The van der Waals surface area contributed by atoms with Crippen LogP contribution in [0.2, 0.25) is 0 Å². The molecule has 3 aromatic rings. The van der Waals surface area contributed by atoms with Crippen LogP contribution < -0.4 is 10.1 Å². The highest BCUT2D eigenvalue weighted by Gasteiger charge is 2.11. The minimum atomic E-state index is -0.184. The van der Waals surface area contributed by atoms with Crippen LogP contribution >= 0.6 is 22.6 Å². The van der Waals surface area contributed by atoms with Crippen LogP contribution in [0.3, 0.4) is 0 Å². The van der Waals surface area contributed by atoms with Gasteiger partial charge in [-0.3, -0.25) is 9.78 Å². The zero-order chi connectivity index (χ0) is 17.8. The van der Waals surface area contributed by atoms with Crippen molar-refractivity contribution in [2.24, 2.45) is 0 Å². The summed E-state index contributed by atoms with van der Waals surface area (Å²) in [6.45, 7) is 3.73. The highest BCUT2D eigenvalue weighted by atomic mass is 127. The van der Waals surface area contributed by atoms with Crippen molar-refractivity contribution in [1.29, 1.82) is 0 Å². The number of aromatic nitrogens is 1. The molecule has 1 N–H and O–H groups in total. The molecule has 0 bridgehead atoms. The molecule has 3 rings (SSSR count). The Morgan fingerprint density at radius 3 is 2.44 bits per heavy atom. The summed E-state index contributed by atoms with van der Waals surface area (Å²) in [6, 6.07) is 18.7. The summed E-state index contributed by atoms with van der Waals surface area (Å²) in [5, 5.41) is 2.90. The van der Waals surface area contributed by atoms with Gasteiger partial charge in [-0.15, -0.1) is 0 Å². The Morgan fingerprint density at radius 2 is 1.72 bits per heavy atom. The Bertz CT molecular complexity index is 925. The van der Waals surface area contributed by atoms with Crippen molar-refractivity contribution in [3.63, 3.8) is 0 Å². The van der Waals surface area contributed by atoms with Gasteiger partial charge in [0.05, 0.1) is 11.3 Å². The molecule has 1 aromatic heterocycles. The molecule has 126 valence electrons. The molecule has 0 aliphatic rings. The van der Waals surface area contributed by atoms with E-state index in [0.717, 1.165) is 15.0 Å². The molecule has 1 heterocycles. The van der Waals surface area contributed by atoms with E-state index < -0.39 is 0 Å². The number of amides is 1. The summed E-state index contributed by atoms with van der Waals surface area (Å²) in [7, 11) is 0. The van der Waals surface area contributed by atoms with E-state index in [4.69, 9.17) is 4.74 Å². The van der Waals surface area contributed by atoms with Crippen LogP contribution in [0.15, 0.2) is 60.7 Å². The van der Waals surface area contributed by atoms with Crippen molar-refractivity contribution in [2.45, 2.75) is 13.8 Å². The predicted octanol–water partition coefficient (Wildman–Crippen LogP) is 5.35. The maximum Gasteiger partial charge on any atom is 0.257 e. The van der Waals surface area contributed by atoms with Gasteiger partial charge in [-0.05, 0) is 78.9 Å². The number of pyridine rings is 1. The summed E-state index contributed by atoms with van der Waals surface area (Å²) in [5.74, 6) is 1.24. The number of aryl methyl sites for hydroxylation is 2. The van der Waals surface area contributed by atoms with Crippen LogP contribution in [0.25, 0.3) is 0 Å². The van der Waals surface area contributed by atoms with E-state index in [1.54, 1.807) is 12.1 Å².